The van der Waals surface area contributed by atoms with Gasteiger partial charge in [-0.3, -0.25) is 10.2 Å². The summed E-state index contributed by atoms with van der Waals surface area (Å²) < 4.78 is 5.41. The molecule has 2 amide bonds. The first-order chi connectivity index (χ1) is 10.6. The van der Waals surface area contributed by atoms with Crippen LogP contribution in [0.3, 0.4) is 0 Å². The number of carbonyl (C=O) groups is 1. The van der Waals surface area contributed by atoms with Crippen LogP contribution in [0.4, 0.5) is 9.93 Å². The van der Waals surface area contributed by atoms with Gasteiger partial charge in [0.25, 0.3) is 0 Å². The van der Waals surface area contributed by atoms with E-state index in [0.29, 0.717) is 17.6 Å². The number of urea groups is 1. The van der Waals surface area contributed by atoms with E-state index < -0.39 is 0 Å². The summed E-state index contributed by atoms with van der Waals surface area (Å²) in [6, 6.07) is 3.44. The molecule has 3 rings (SSSR count). The summed E-state index contributed by atoms with van der Waals surface area (Å²) in [5.41, 5.74) is 0. The quantitative estimate of drug-likeness (QED) is 0.854. The average Bonchev–Trinajstić information content (AvgIpc) is 2.98. The van der Waals surface area contributed by atoms with Gasteiger partial charge in [-0.25, -0.2) is 4.79 Å². The number of likely N-dealkylation sites (N-methyl/N-ethyl adjacent to an activating group) is 1. The second kappa shape index (κ2) is 6.45. The Labute approximate surface area is 132 Å². The zero-order valence-corrected chi connectivity index (χ0v) is 13.4. The Balaban J connectivity index is 1.52. The van der Waals surface area contributed by atoms with Crippen LogP contribution in [-0.2, 0) is 0 Å². The van der Waals surface area contributed by atoms with Crippen LogP contribution in [0.1, 0.15) is 35.6 Å². The van der Waals surface area contributed by atoms with E-state index in [1.54, 1.807) is 6.26 Å². The van der Waals surface area contributed by atoms with Crippen LogP contribution in [0.15, 0.2) is 22.8 Å². The molecular formula is C14H19N5O2S. The minimum Gasteiger partial charge on any atom is -0.468 e. The van der Waals surface area contributed by atoms with Crippen LogP contribution in [-0.4, -0.2) is 41.8 Å². The summed E-state index contributed by atoms with van der Waals surface area (Å²) in [6.07, 6.45) is 3.98. The lowest BCUT2D eigenvalue weighted by Gasteiger charge is -2.22. The van der Waals surface area contributed by atoms with Gasteiger partial charge in [0.2, 0.25) is 5.13 Å². The molecule has 0 bridgehead atoms. The lowest BCUT2D eigenvalue weighted by Crippen LogP contribution is -2.36. The molecule has 118 valence electrons. The molecule has 2 heterocycles. The van der Waals surface area contributed by atoms with Crippen LogP contribution in [0.5, 0.6) is 0 Å². The number of carbonyl (C=O) groups excluding carboxylic acids is 1. The first kappa shape index (κ1) is 15.0. The van der Waals surface area contributed by atoms with Crippen molar-refractivity contribution < 1.29 is 9.21 Å². The maximum absolute atomic E-state index is 12.0. The molecule has 1 atom stereocenters. The Hall–Kier alpha value is -1.93. The highest BCUT2D eigenvalue weighted by molar-refractivity contribution is 7.15. The number of rotatable bonds is 6. The zero-order valence-electron chi connectivity index (χ0n) is 12.6. The summed E-state index contributed by atoms with van der Waals surface area (Å²) >= 11 is 1.45. The number of hydrogen-bond donors (Lipinski definition) is 2. The third-order valence-electron chi connectivity index (χ3n) is 3.54. The van der Waals surface area contributed by atoms with Gasteiger partial charge in [0.05, 0.1) is 12.3 Å². The summed E-state index contributed by atoms with van der Waals surface area (Å²) in [4.78, 5) is 14.0. The minimum atomic E-state index is -0.281. The molecule has 0 aromatic carbocycles. The van der Waals surface area contributed by atoms with Crippen LogP contribution in [0.2, 0.25) is 0 Å². The highest BCUT2D eigenvalue weighted by Crippen LogP contribution is 2.41. The molecule has 2 aromatic heterocycles. The maximum atomic E-state index is 12.0. The first-order valence-electron chi connectivity index (χ1n) is 7.21. The molecule has 1 fully saturated rings. The highest BCUT2D eigenvalue weighted by atomic mass is 32.1. The van der Waals surface area contributed by atoms with Crippen molar-refractivity contribution in [3.63, 3.8) is 0 Å². The Morgan fingerprint density at radius 2 is 2.32 bits per heavy atom. The summed E-state index contributed by atoms with van der Waals surface area (Å²) in [7, 11) is 3.89. The number of hydrogen-bond acceptors (Lipinski definition) is 6. The number of furan rings is 1. The van der Waals surface area contributed by atoms with Gasteiger partial charge in [-0.2, -0.15) is 0 Å². The van der Waals surface area contributed by atoms with E-state index in [2.05, 4.69) is 20.8 Å². The molecule has 0 radical (unpaired) electrons. The monoisotopic (exact) mass is 321 g/mol. The summed E-state index contributed by atoms with van der Waals surface area (Å²) in [5.74, 6) is 1.37. The second-order valence-electron chi connectivity index (χ2n) is 5.55. The molecule has 1 saturated carbocycles. The Morgan fingerprint density at radius 3 is 2.95 bits per heavy atom. The third-order valence-corrected chi connectivity index (χ3v) is 4.54. The highest BCUT2D eigenvalue weighted by Gasteiger charge is 2.27. The van der Waals surface area contributed by atoms with Gasteiger partial charge >= 0.3 is 6.03 Å². The van der Waals surface area contributed by atoms with E-state index in [1.807, 2.05) is 31.1 Å². The number of amides is 2. The molecule has 2 N–H and O–H groups in total. The van der Waals surface area contributed by atoms with Gasteiger partial charge in [0.15, 0.2) is 0 Å². The predicted molar refractivity (Wildman–Crippen MR) is 84.0 cm³/mol. The fraction of sp³-hybridized carbons (Fsp3) is 0.500. The lowest BCUT2D eigenvalue weighted by molar-refractivity contribution is 0.233. The van der Waals surface area contributed by atoms with Crippen molar-refractivity contribution in [2.75, 3.05) is 26.0 Å². The normalized spacial score (nSPS) is 15.8. The summed E-state index contributed by atoms with van der Waals surface area (Å²) in [6.45, 7) is 0.445. The van der Waals surface area contributed by atoms with Crippen molar-refractivity contribution in [1.82, 2.24) is 20.4 Å². The van der Waals surface area contributed by atoms with Gasteiger partial charge in [-0.1, -0.05) is 11.3 Å². The number of nitrogens with zero attached hydrogens (tertiary/aromatic N) is 3. The number of nitrogens with one attached hydrogen (secondary N) is 2. The lowest BCUT2D eigenvalue weighted by atomic mass is 10.2. The maximum Gasteiger partial charge on any atom is 0.321 e. The molecule has 0 unspecified atom stereocenters. The standard InChI is InChI=1S/C14H19N5O2S/c1-19(2)10(11-4-3-7-21-11)8-15-13(20)16-14-18-17-12(22-14)9-5-6-9/h3-4,7,9-10H,5-6,8H2,1-2H3,(H2,15,16,18,20)/t10-/m0/s1. The van der Waals surface area contributed by atoms with Crippen molar-refractivity contribution >= 4 is 22.5 Å². The molecule has 1 aliphatic rings. The van der Waals surface area contributed by atoms with Gasteiger partial charge in [-0.15, -0.1) is 10.2 Å². The molecule has 8 heteroatoms. The Bertz CT molecular complexity index is 621. The molecule has 0 spiro atoms. The Kier molecular flexibility index (Phi) is 4.39. The molecule has 0 saturated heterocycles. The smallest absolute Gasteiger partial charge is 0.321 e. The van der Waals surface area contributed by atoms with Crippen molar-refractivity contribution in [2.45, 2.75) is 24.8 Å². The average molecular weight is 321 g/mol. The van der Waals surface area contributed by atoms with Crippen molar-refractivity contribution in [3.8, 4) is 0 Å². The van der Waals surface area contributed by atoms with E-state index in [9.17, 15) is 4.79 Å². The largest absolute Gasteiger partial charge is 0.468 e. The first-order valence-corrected chi connectivity index (χ1v) is 8.03. The topological polar surface area (TPSA) is 83.3 Å². The SMILES string of the molecule is CN(C)[C@@H](CNC(=O)Nc1nnc(C2CC2)s1)c1ccco1. The van der Waals surface area contributed by atoms with E-state index in [-0.39, 0.29) is 12.1 Å². The van der Waals surface area contributed by atoms with Crippen LogP contribution < -0.4 is 10.6 Å². The molecule has 0 aliphatic heterocycles. The number of aromatic nitrogens is 2. The molecular weight excluding hydrogens is 302 g/mol. The van der Waals surface area contributed by atoms with E-state index in [1.165, 1.54) is 24.2 Å². The van der Waals surface area contributed by atoms with Crippen molar-refractivity contribution in [2.24, 2.45) is 0 Å². The summed E-state index contributed by atoms with van der Waals surface area (Å²) in [5, 5.41) is 15.2. The second-order valence-corrected chi connectivity index (χ2v) is 6.56. The van der Waals surface area contributed by atoms with Crippen LogP contribution >= 0.6 is 11.3 Å². The zero-order chi connectivity index (χ0) is 15.5. The van der Waals surface area contributed by atoms with Crippen molar-refractivity contribution in [3.05, 3.63) is 29.2 Å². The van der Waals surface area contributed by atoms with Crippen LogP contribution in [0.25, 0.3) is 0 Å². The molecule has 7 nitrogen and oxygen atoms in total. The van der Waals surface area contributed by atoms with E-state index in [4.69, 9.17) is 4.42 Å². The molecule has 2 aromatic rings. The van der Waals surface area contributed by atoms with E-state index in [0.717, 1.165) is 10.8 Å². The fourth-order valence-corrected chi connectivity index (χ4v) is 3.04. The van der Waals surface area contributed by atoms with E-state index >= 15 is 0 Å². The third kappa shape index (κ3) is 3.63. The molecule has 22 heavy (non-hydrogen) atoms. The predicted octanol–water partition coefficient (Wildman–Crippen LogP) is 2.43. The molecule has 1 aliphatic carbocycles. The number of anilines is 1. The Morgan fingerprint density at radius 1 is 1.50 bits per heavy atom. The fourth-order valence-electron chi connectivity index (χ4n) is 2.13. The minimum absolute atomic E-state index is 0.0165. The van der Waals surface area contributed by atoms with Gasteiger partial charge in [0.1, 0.15) is 10.8 Å². The van der Waals surface area contributed by atoms with Gasteiger partial charge in [0, 0.05) is 12.5 Å². The van der Waals surface area contributed by atoms with Crippen LogP contribution in [0, 0.1) is 0 Å². The van der Waals surface area contributed by atoms with Gasteiger partial charge in [-0.05, 0) is 39.1 Å². The van der Waals surface area contributed by atoms with Gasteiger partial charge < -0.3 is 9.73 Å². The van der Waals surface area contributed by atoms with Crippen molar-refractivity contribution in [1.29, 1.82) is 0 Å².